The third kappa shape index (κ3) is 2.65. The second-order valence-corrected chi connectivity index (χ2v) is 4.11. The highest BCUT2D eigenvalue weighted by atomic mass is 19.1. The van der Waals surface area contributed by atoms with E-state index in [1.807, 2.05) is 6.92 Å². The van der Waals surface area contributed by atoms with Crippen molar-refractivity contribution >= 4 is 5.97 Å². The third-order valence-electron chi connectivity index (χ3n) is 2.69. The molecule has 0 radical (unpaired) electrons. The summed E-state index contributed by atoms with van der Waals surface area (Å²) < 4.78 is 23.5. The molecule has 0 spiro atoms. The van der Waals surface area contributed by atoms with E-state index in [4.69, 9.17) is 9.15 Å². The van der Waals surface area contributed by atoms with E-state index in [9.17, 15) is 9.18 Å². The molecule has 0 atom stereocenters. The van der Waals surface area contributed by atoms with Crippen LogP contribution in [-0.2, 0) is 4.74 Å². The molecule has 0 aliphatic heterocycles. The van der Waals surface area contributed by atoms with E-state index >= 15 is 0 Å². The second kappa shape index (κ2) is 5.22. The maximum Gasteiger partial charge on any atom is 0.376 e. The number of carbonyl (C=O) groups is 1. The van der Waals surface area contributed by atoms with Gasteiger partial charge < -0.3 is 9.15 Å². The Kier molecular flexibility index (Phi) is 3.64. The maximum absolute atomic E-state index is 13.3. The fourth-order valence-corrected chi connectivity index (χ4v) is 1.72. The highest BCUT2D eigenvalue weighted by Gasteiger charge is 2.20. The minimum absolute atomic E-state index is 0.0560. The van der Waals surface area contributed by atoms with Gasteiger partial charge in [-0.15, -0.1) is 0 Å². The van der Waals surface area contributed by atoms with E-state index in [1.54, 1.807) is 19.9 Å². The lowest BCUT2D eigenvalue weighted by atomic mass is 10.1. The molecule has 0 bridgehead atoms. The Morgan fingerprint density at radius 3 is 2.84 bits per heavy atom. The van der Waals surface area contributed by atoms with Gasteiger partial charge in [0.25, 0.3) is 0 Å². The second-order valence-electron chi connectivity index (χ2n) is 4.11. The number of aromatic nitrogens is 1. The average Bonchev–Trinajstić information content (AvgIpc) is 2.74. The van der Waals surface area contributed by atoms with E-state index in [-0.39, 0.29) is 24.1 Å². The highest BCUT2D eigenvalue weighted by Crippen LogP contribution is 2.26. The van der Waals surface area contributed by atoms with E-state index < -0.39 is 5.97 Å². The molecule has 100 valence electrons. The molecule has 0 saturated carbocycles. The Hall–Kier alpha value is -2.17. The summed E-state index contributed by atoms with van der Waals surface area (Å²) in [4.78, 5) is 15.8. The Labute approximate surface area is 110 Å². The molecular weight excluding hydrogens is 249 g/mol. The van der Waals surface area contributed by atoms with Crippen molar-refractivity contribution in [1.82, 2.24) is 4.98 Å². The molecule has 1 aromatic heterocycles. The summed E-state index contributed by atoms with van der Waals surface area (Å²) in [5, 5.41) is 0. The third-order valence-corrected chi connectivity index (χ3v) is 2.69. The number of nitrogens with zero attached hydrogens (tertiary/aromatic N) is 1. The van der Waals surface area contributed by atoms with Crippen LogP contribution in [0.5, 0.6) is 0 Å². The van der Waals surface area contributed by atoms with Gasteiger partial charge in [-0.25, -0.2) is 14.2 Å². The Bertz CT molecular complexity index is 619. The van der Waals surface area contributed by atoms with Crippen LogP contribution >= 0.6 is 0 Å². The molecule has 4 nitrogen and oxygen atoms in total. The number of rotatable bonds is 3. The van der Waals surface area contributed by atoms with Crippen LogP contribution in [0.4, 0.5) is 4.39 Å². The number of esters is 1. The minimum Gasteiger partial charge on any atom is -0.460 e. The Morgan fingerprint density at radius 2 is 2.16 bits per heavy atom. The van der Waals surface area contributed by atoms with Gasteiger partial charge in [-0.05, 0) is 38.5 Å². The SMILES string of the molecule is CCOC(=O)c1oc(-c2cc(F)ccc2C)nc1C. The van der Waals surface area contributed by atoms with E-state index in [2.05, 4.69) is 4.98 Å². The molecule has 2 rings (SSSR count). The number of halogens is 1. The predicted octanol–water partition coefficient (Wildman–Crippen LogP) is 3.27. The molecule has 0 aliphatic carbocycles. The van der Waals surface area contributed by atoms with Crippen LogP contribution in [0.1, 0.15) is 28.7 Å². The summed E-state index contributed by atoms with van der Waals surface area (Å²) in [6.45, 7) is 5.43. The maximum atomic E-state index is 13.3. The van der Waals surface area contributed by atoms with Crippen molar-refractivity contribution in [1.29, 1.82) is 0 Å². The van der Waals surface area contributed by atoms with Crippen LogP contribution in [0.15, 0.2) is 22.6 Å². The molecule has 19 heavy (non-hydrogen) atoms. The van der Waals surface area contributed by atoms with Crippen molar-refractivity contribution in [2.45, 2.75) is 20.8 Å². The summed E-state index contributed by atoms with van der Waals surface area (Å²) >= 11 is 0. The molecule has 0 saturated heterocycles. The number of oxazole rings is 1. The Morgan fingerprint density at radius 1 is 1.42 bits per heavy atom. The van der Waals surface area contributed by atoms with Crippen molar-refractivity contribution in [3.8, 4) is 11.5 Å². The fraction of sp³-hybridized carbons (Fsp3) is 0.286. The quantitative estimate of drug-likeness (QED) is 0.797. The van der Waals surface area contributed by atoms with Crippen molar-refractivity contribution in [2.24, 2.45) is 0 Å². The lowest BCUT2D eigenvalue weighted by molar-refractivity contribution is 0.0490. The van der Waals surface area contributed by atoms with Crippen LogP contribution in [0.3, 0.4) is 0 Å². The van der Waals surface area contributed by atoms with Gasteiger partial charge in [0.2, 0.25) is 11.7 Å². The topological polar surface area (TPSA) is 52.3 Å². The molecule has 1 aromatic carbocycles. The molecule has 0 amide bonds. The molecule has 5 heteroatoms. The van der Waals surface area contributed by atoms with Crippen LogP contribution in [0.25, 0.3) is 11.5 Å². The minimum atomic E-state index is -0.562. The van der Waals surface area contributed by atoms with E-state index in [0.717, 1.165) is 5.56 Å². The van der Waals surface area contributed by atoms with Gasteiger partial charge in [0.05, 0.1) is 12.3 Å². The standard InChI is InChI=1S/C14H14FNO3/c1-4-18-14(17)12-9(3)16-13(19-12)11-7-10(15)6-5-8(11)2/h5-7H,4H2,1-3H3. The average molecular weight is 263 g/mol. The largest absolute Gasteiger partial charge is 0.460 e. The lowest BCUT2D eigenvalue weighted by Gasteiger charge is -2.01. The first kappa shape index (κ1) is 13.3. The molecule has 2 aromatic rings. The van der Waals surface area contributed by atoms with Gasteiger partial charge in [-0.3, -0.25) is 0 Å². The molecule has 0 unspecified atom stereocenters. The zero-order chi connectivity index (χ0) is 14.0. The number of benzene rings is 1. The highest BCUT2D eigenvalue weighted by molar-refractivity contribution is 5.88. The van der Waals surface area contributed by atoms with Crippen LogP contribution in [-0.4, -0.2) is 17.6 Å². The van der Waals surface area contributed by atoms with Crippen molar-refractivity contribution < 1.29 is 18.3 Å². The summed E-state index contributed by atoms with van der Waals surface area (Å²) in [6.07, 6.45) is 0. The molecule has 0 N–H and O–H groups in total. The smallest absolute Gasteiger partial charge is 0.376 e. The molecule has 0 aliphatic rings. The molecule has 0 fully saturated rings. The van der Waals surface area contributed by atoms with Gasteiger partial charge in [0, 0.05) is 5.56 Å². The van der Waals surface area contributed by atoms with Gasteiger partial charge in [-0.2, -0.15) is 0 Å². The Balaban J connectivity index is 2.44. The van der Waals surface area contributed by atoms with Crippen LogP contribution < -0.4 is 0 Å². The van der Waals surface area contributed by atoms with Crippen molar-refractivity contribution in [3.63, 3.8) is 0 Å². The van der Waals surface area contributed by atoms with E-state index in [0.29, 0.717) is 11.3 Å². The lowest BCUT2D eigenvalue weighted by Crippen LogP contribution is -2.04. The summed E-state index contributed by atoms with van der Waals surface area (Å²) in [6, 6.07) is 4.32. The van der Waals surface area contributed by atoms with Gasteiger partial charge in [0.15, 0.2) is 0 Å². The fourth-order valence-electron chi connectivity index (χ4n) is 1.72. The number of hydrogen-bond donors (Lipinski definition) is 0. The van der Waals surface area contributed by atoms with Crippen molar-refractivity contribution in [3.05, 3.63) is 41.0 Å². The van der Waals surface area contributed by atoms with Crippen LogP contribution in [0, 0.1) is 19.7 Å². The van der Waals surface area contributed by atoms with E-state index in [1.165, 1.54) is 12.1 Å². The van der Waals surface area contributed by atoms with Crippen LogP contribution in [0.2, 0.25) is 0 Å². The summed E-state index contributed by atoms with van der Waals surface area (Å²) in [5.41, 5.74) is 1.77. The van der Waals surface area contributed by atoms with Gasteiger partial charge in [-0.1, -0.05) is 6.07 Å². The zero-order valence-corrected chi connectivity index (χ0v) is 11.0. The first-order chi connectivity index (χ1) is 9.02. The zero-order valence-electron chi connectivity index (χ0n) is 11.0. The van der Waals surface area contributed by atoms with Crippen molar-refractivity contribution in [2.75, 3.05) is 6.61 Å². The molecular formula is C14H14FNO3. The normalized spacial score (nSPS) is 10.5. The predicted molar refractivity (Wildman–Crippen MR) is 67.3 cm³/mol. The van der Waals surface area contributed by atoms with Gasteiger partial charge >= 0.3 is 5.97 Å². The number of aryl methyl sites for hydroxylation is 2. The van der Waals surface area contributed by atoms with Gasteiger partial charge in [0.1, 0.15) is 5.82 Å². The first-order valence-corrected chi connectivity index (χ1v) is 5.94. The number of hydrogen-bond acceptors (Lipinski definition) is 4. The summed E-state index contributed by atoms with van der Waals surface area (Å²) in [7, 11) is 0. The summed E-state index contributed by atoms with van der Waals surface area (Å²) in [5.74, 6) is -0.667. The molecule has 1 heterocycles. The number of ether oxygens (including phenoxy) is 1. The number of carbonyl (C=O) groups excluding carboxylic acids is 1. The first-order valence-electron chi connectivity index (χ1n) is 5.94. The monoisotopic (exact) mass is 263 g/mol.